The molecule has 1 aliphatic heterocycles. The first-order valence-electron chi connectivity index (χ1n) is 7.25. The van der Waals surface area contributed by atoms with E-state index in [1.54, 1.807) is 0 Å². The molecule has 2 amide bonds. The summed E-state index contributed by atoms with van der Waals surface area (Å²) in [6, 6.07) is 7.81. The first-order chi connectivity index (χ1) is 10.3. The summed E-state index contributed by atoms with van der Waals surface area (Å²) in [6.45, 7) is 4.99. The van der Waals surface area contributed by atoms with Crippen LogP contribution in [0.15, 0.2) is 24.3 Å². The molecule has 1 fully saturated rings. The molecule has 2 aromatic rings. The van der Waals surface area contributed by atoms with Crippen molar-refractivity contribution in [3.05, 3.63) is 24.3 Å². The molecule has 0 saturated carbocycles. The van der Waals surface area contributed by atoms with Crippen LogP contribution in [0.3, 0.4) is 0 Å². The van der Waals surface area contributed by atoms with E-state index in [1.165, 1.54) is 11.3 Å². The number of hydrogen-bond acceptors (Lipinski definition) is 4. The number of urea groups is 1. The highest BCUT2D eigenvalue weighted by molar-refractivity contribution is 7.22. The number of ether oxygens (including phenoxy) is 1. The fraction of sp³-hybridized carbons (Fsp3) is 0.467. The van der Waals surface area contributed by atoms with Gasteiger partial charge in [-0.1, -0.05) is 23.5 Å². The van der Waals surface area contributed by atoms with Crippen LogP contribution in [0.25, 0.3) is 10.2 Å². The number of benzene rings is 1. The monoisotopic (exact) mass is 305 g/mol. The zero-order valence-corrected chi connectivity index (χ0v) is 12.9. The lowest BCUT2D eigenvalue weighted by molar-refractivity contribution is 0.171. The zero-order valence-electron chi connectivity index (χ0n) is 12.0. The fourth-order valence-corrected chi connectivity index (χ4v) is 3.35. The van der Waals surface area contributed by atoms with Gasteiger partial charge in [0.25, 0.3) is 0 Å². The van der Waals surface area contributed by atoms with Gasteiger partial charge in [-0.05, 0) is 25.5 Å². The highest BCUT2D eigenvalue weighted by atomic mass is 32.1. The number of fused-ring (bicyclic) bond motifs is 1. The van der Waals surface area contributed by atoms with Crippen molar-refractivity contribution in [3.8, 4) is 0 Å². The van der Waals surface area contributed by atoms with Crippen LogP contribution in [-0.4, -0.2) is 42.2 Å². The molecule has 5 nitrogen and oxygen atoms in total. The smallest absolute Gasteiger partial charge is 0.323 e. The Labute approximate surface area is 127 Å². The molecule has 0 radical (unpaired) electrons. The number of para-hydroxylation sites is 1. The molecule has 1 N–H and O–H groups in total. The predicted molar refractivity (Wildman–Crippen MR) is 84.8 cm³/mol. The number of carbonyl (C=O) groups is 1. The third-order valence-corrected chi connectivity index (χ3v) is 4.63. The SMILES string of the molecule is CCN(C[C@H]1CCOC1)C(=O)Nc1nc2ccccc2s1. The van der Waals surface area contributed by atoms with Gasteiger partial charge >= 0.3 is 6.03 Å². The average molecular weight is 305 g/mol. The highest BCUT2D eigenvalue weighted by Gasteiger charge is 2.22. The van der Waals surface area contributed by atoms with Crippen molar-refractivity contribution in [2.45, 2.75) is 13.3 Å². The van der Waals surface area contributed by atoms with Crippen molar-refractivity contribution < 1.29 is 9.53 Å². The van der Waals surface area contributed by atoms with Gasteiger partial charge in [0.15, 0.2) is 5.13 Å². The van der Waals surface area contributed by atoms with Crippen molar-refractivity contribution in [2.75, 3.05) is 31.6 Å². The van der Waals surface area contributed by atoms with E-state index < -0.39 is 0 Å². The number of aromatic nitrogens is 1. The van der Waals surface area contributed by atoms with Gasteiger partial charge in [-0.2, -0.15) is 0 Å². The molecule has 1 aliphatic rings. The van der Waals surface area contributed by atoms with Gasteiger partial charge in [0.1, 0.15) is 0 Å². The quantitative estimate of drug-likeness (QED) is 0.944. The van der Waals surface area contributed by atoms with Crippen molar-refractivity contribution in [2.24, 2.45) is 5.92 Å². The van der Waals surface area contributed by atoms with Crippen LogP contribution in [0.5, 0.6) is 0 Å². The minimum absolute atomic E-state index is 0.0801. The second-order valence-electron chi connectivity index (χ2n) is 5.19. The standard InChI is InChI=1S/C15H19N3O2S/c1-2-18(9-11-7-8-20-10-11)15(19)17-14-16-12-5-3-4-6-13(12)21-14/h3-6,11H,2,7-10H2,1H3,(H,16,17,19)/t11-/m1/s1. The molecule has 0 unspecified atom stereocenters. The van der Waals surface area contributed by atoms with Crippen molar-refractivity contribution in [3.63, 3.8) is 0 Å². The highest BCUT2D eigenvalue weighted by Crippen LogP contribution is 2.25. The molecule has 6 heteroatoms. The number of carbonyl (C=O) groups excluding carboxylic acids is 1. The Hall–Kier alpha value is -1.66. The molecular formula is C15H19N3O2S. The summed E-state index contributed by atoms with van der Waals surface area (Å²) in [5, 5.41) is 3.56. The summed E-state index contributed by atoms with van der Waals surface area (Å²) in [4.78, 5) is 18.6. The van der Waals surface area contributed by atoms with E-state index >= 15 is 0 Å². The van der Waals surface area contributed by atoms with E-state index in [0.29, 0.717) is 17.6 Å². The summed E-state index contributed by atoms with van der Waals surface area (Å²) in [5.74, 6) is 0.450. The van der Waals surface area contributed by atoms with Crippen LogP contribution in [0.4, 0.5) is 9.93 Å². The number of nitrogens with one attached hydrogen (secondary N) is 1. The number of nitrogens with zero attached hydrogens (tertiary/aromatic N) is 2. The Morgan fingerprint density at radius 1 is 1.52 bits per heavy atom. The number of rotatable bonds is 4. The Morgan fingerprint density at radius 3 is 3.10 bits per heavy atom. The van der Waals surface area contributed by atoms with Crippen molar-refractivity contribution in [1.82, 2.24) is 9.88 Å². The minimum atomic E-state index is -0.0801. The van der Waals surface area contributed by atoms with Gasteiger partial charge in [-0.15, -0.1) is 0 Å². The molecule has 1 atom stereocenters. The Balaban J connectivity index is 1.65. The first kappa shape index (κ1) is 14.3. The van der Waals surface area contributed by atoms with Crippen molar-refractivity contribution >= 4 is 32.7 Å². The Kier molecular flexibility index (Phi) is 4.36. The number of amides is 2. The maximum Gasteiger partial charge on any atom is 0.323 e. The fourth-order valence-electron chi connectivity index (χ4n) is 2.49. The van der Waals surface area contributed by atoms with Crippen LogP contribution in [0.2, 0.25) is 0 Å². The van der Waals surface area contributed by atoms with E-state index in [0.717, 1.165) is 36.4 Å². The second-order valence-corrected chi connectivity index (χ2v) is 6.22. The molecule has 3 rings (SSSR count). The molecule has 0 aliphatic carbocycles. The van der Waals surface area contributed by atoms with Crippen molar-refractivity contribution in [1.29, 1.82) is 0 Å². The molecule has 1 aromatic heterocycles. The third kappa shape index (κ3) is 3.33. The van der Waals surface area contributed by atoms with E-state index in [-0.39, 0.29) is 6.03 Å². The molecule has 0 bridgehead atoms. The Bertz CT molecular complexity index is 589. The molecule has 21 heavy (non-hydrogen) atoms. The summed E-state index contributed by atoms with van der Waals surface area (Å²) in [7, 11) is 0. The predicted octanol–water partition coefficient (Wildman–Crippen LogP) is 3.19. The molecular weight excluding hydrogens is 286 g/mol. The maximum absolute atomic E-state index is 12.3. The summed E-state index contributed by atoms with van der Waals surface area (Å²) in [5.41, 5.74) is 0.921. The van der Waals surface area contributed by atoms with E-state index in [1.807, 2.05) is 36.1 Å². The lowest BCUT2D eigenvalue weighted by Gasteiger charge is -2.23. The van der Waals surface area contributed by atoms with Crippen LogP contribution >= 0.6 is 11.3 Å². The molecule has 112 valence electrons. The van der Waals surface area contributed by atoms with E-state index in [4.69, 9.17) is 4.74 Å². The molecule has 1 saturated heterocycles. The zero-order chi connectivity index (χ0) is 14.7. The van der Waals surface area contributed by atoms with Gasteiger partial charge in [0.2, 0.25) is 0 Å². The lowest BCUT2D eigenvalue weighted by atomic mass is 10.1. The van der Waals surface area contributed by atoms with Crippen LogP contribution in [0, 0.1) is 5.92 Å². The van der Waals surface area contributed by atoms with Gasteiger partial charge in [0, 0.05) is 25.6 Å². The van der Waals surface area contributed by atoms with Crippen LogP contribution in [-0.2, 0) is 4.74 Å². The first-order valence-corrected chi connectivity index (χ1v) is 8.07. The minimum Gasteiger partial charge on any atom is -0.381 e. The van der Waals surface area contributed by atoms with Gasteiger partial charge in [0.05, 0.1) is 16.8 Å². The van der Waals surface area contributed by atoms with Gasteiger partial charge < -0.3 is 9.64 Å². The summed E-state index contributed by atoms with van der Waals surface area (Å²) >= 11 is 1.50. The van der Waals surface area contributed by atoms with Gasteiger partial charge in [-0.25, -0.2) is 9.78 Å². The lowest BCUT2D eigenvalue weighted by Crippen LogP contribution is -2.38. The van der Waals surface area contributed by atoms with Crippen LogP contribution < -0.4 is 5.32 Å². The maximum atomic E-state index is 12.3. The number of hydrogen-bond donors (Lipinski definition) is 1. The molecule has 2 heterocycles. The van der Waals surface area contributed by atoms with Crippen LogP contribution in [0.1, 0.15) is 13.3 Å². The van der Waals surface area contributed by atoms with E-state index in [9.17, 15) is 4.79 Å². The van der Waals surface area contributed by atoms with Gasteiger partial charge in [-0.3, -0.25) is 5.32 Å². The summed E-state index contributed by atoms with van der Waals surface area (Å²) in [6.07, 6.45) is 1.03. The van der Waals surface area contributed by atoms with E-state index in [2.05, 4.69) is 10.3 Å². The molecule has 0 spiro atoms. The second kappa shape index (κ2) is 6.41. The Morgan fingerprint density at radius 2 is 2.38 bits per heavy atom. The number of thiazole rings is 1. The largest absolute Gasteiger partial charge is 0.381 e. The topological polar surface area (TPSA) is 54.5 Å². The summed E-state index contributed by atoms with van der Waals surface area (Å²) < 4.78 is 6.46. The third-order valence-electron chi connectivity index (χ3n) is 3.68. The average Bonchev–Trinajstić information content (AvgIpc) is 3.13. The number of anilines is 1. The molecule has 1 aromatic carbocycles. The normalized spacial score (nSPS) is 18.0.